The third kappa shape index (κ3) is 6.01. The number of nitrogens with one attached hydrogen (secondary N) is 3. The number of carbonyl (C=O) groups is 3. The van der Waals surface area contributed by atoms with E-state index in [1.165, 1.54) is 26.4 Å². The van der Waals surface area contributed by atoms with Gasteiger partial charge in [-0.2, -0.15) is 0 Å². The van der Waals surface area contributed by atoms with Crippen molar-refractivity contribution in [3.8, 4) is 11.5 Å². The molecule has 2 amide bonds. The zero-order valence-electron chi connectivity index (χ0n) is 24.3. The molecule has 0 radical (unpaired) electrons. The molecule has 0 atom stereocenters. The summed E-state index contributed by atoms with van der Waals surface area (Å²) in [7, 11) is 2.87. The van der Waals surface area contributed by atoms with Gasteiger partial charge in [0.05, 0.1) is 41.2 Å². The Kier molecular flexibility index (Phi) is 8.98. The Morgan fingerprint density at radius 2 is 1.66 bits per heavy atom. The fourth-order valence-corrected chi connectivity index (χ4v) is 5.70. The number of rotatable bonds is 9. The van der Waals surface area contributed by atoms with Crippen molar-refractivity contribution in [1.82, 2.24) is 14.9 Å². The predicted molar refractivity (Wildman–Crippen MR) is 172 cm³/mol. The largest absolute Gasteiger partial charge is 0.495 e. The van der Waals surface area contributed by atoms with Crippen LogP contribution in [0.15, 0.2) is 55.3 Å². The van der Waals surface area contributed by atoms with Gasteiger partial charge in [0.25, 0.3) is 0 Å². The lowest BCUT2D eigenvalue weighted by Crippen LogP contribution is -2.48. The summed E-state index contributed by atoms with van der Waals surface area (Å²) in [6.45, 7) is 7.72. The molecule has 2 aromatic carbocycles. The van der Waals surface area contributed by atoms with E-state index in [-0.39, 0.29) is 38.9 Å². The number of piperazine rings is 1. The number of fused-ring (bicyclic) bond motifs is 1. The molecule has 1 aliphatic rings. The minimum Gasteiger partial charge on any atom is -0.495 e. The normalized spacial score (nSPS) is 13.0. The van der Waals surface area contributed by atoms with Crippen LogP contribution in [0.1, 0.15) is 22.8 Å². The van der Waals surface area contributed by atoms with E-state index >= 15 is 0 Å². The Hall–Kier alpha value is -4.74. The first-order valence-electron chi connectivity index (χ1n) is 13.6. The zero-order valence-corrected chi connectivity index (χ0v) is 25.8. The lowest BCUT2D eigenvalue weighted by atomic mass is 10.0. The molecule has 0 bridgehead atoms. The number of methoxy groups -OCH3 is 2. The lowest BCUT2D eigenvalue weighted by Gasteiger charge is -2.36. The first kappa shape index (κ1) is 30.7. The molecule has 0 spiro atoms. The lowest BCUT2D eigenvalue weighted by molar-refractivity contribution is -0.129. The van der Waals surface area contributed by atoms with E-state index < -0.39 is 5.78 Å². The third-order valence-electron chi connectivity index (χ3n) is 7.38. The van der Waals surface area contributed by atoms with E-state index in [0.717, 1.165) is 5.69 Å². The number of anilines is 4. The topological polar surface area (TPSA) is 129 Å². The molecule has 2 aromatic heterocycles. The molecule has 1 fully saturated rings. The van der Waals surface area contributed by atoms with Crippen molar-refractivity contribution in [2.45, 2.75) is 6.92 Å². The Bertz CT molecular complexity index is 1750. The highest BCUT2D eigenvalue weighted by molar-refractivity contribution is 6.43. The molecule has 1 aliphatic heterocycles. The maximum atomic E-state index is 13.6. The van der Waals surface area contributed by atoms with E-state index in [1.54, 1.807) is 25.3 Å². The van der Waals surface area contributed by atoms with Gasteiger partial charge in [-0.05, 0) is 36.4 Å². The number of benzene rings is 2. The zero-order chi connectivity index (χ0) is 31.5. The Labute approximate surface area is 263 Å². The molecule has 5 rings (SSSR count). The number of amides is 2. The summed E-state index contributed by atoms with van der Waals surface area (Å²) in [6.07, 6.45) is 2.74. The predicted octanol–water partition coefficient (Wildman–Crippen LogP) is 5.65. The average molecular weight is 638 g/mol. The summed E-state index contributed by atoms with van der Waals surface area (Å²) >= 11 is 13.0. The highest BCUT2D eigenvalue weighted by atomic mass is 35.5. The molecular weight excluding hydrogens is 607 g/mol. The number of halogens is 2. The van der Waals surface area contributed by atoms with Crippen molar-refractivity contribution in [3.63, 3.8) is 0 Å². The van der Waals surface area contributed by atoms with E-state index in [4.69, 9.17) is 32.7 Å². The molecule has 228 valence electrons. The van der Waals surface area contributed by atoms with E-state index in [9.17, 15) is 14.4 Å². The van der Waals surface area contributed by atoms with Crippen LogP contribution < -0.4 is 25.0 Å². The van der Waals surface area contributed by atoms with Gasteiger partial charge in [-0.1, -0.05) is 29.8 Å². The summed E-state index contributed by atoms with van der Waals surface area (Å²) in [5, 5.41) is 6.80. The molecule has 0 saturated carbocycles. The Morgan fingerprint density at radius 1 is 0.977 bits per heavy atom. The molecule has 13 heteroatoms. The van der Waals surface area contributed by atoms with Gasteiger partial charge < -0.3 is 34.9 Å². The number of nitrogens with zero attached hydrogens (tertiary/aromatic N) is 3. The van der Waals surface area contributed by atoms with Gasteiger partial charge in [-0.15, -0.1) is 0 Å². The smallest absolute Gasteiger partial charge is 0.247 e. The van der Waals surface area contributed by atoms with Crippen LogP contribution in [0.5, 0.6) is 11.5 Å². The van der Waals surface area contributed by atoms with Crippen LogP contribution in [0.25, 0.3) is 11.0 Å². The number of ether oxygens (including phenoxy) is 2. The fourth-order valence-electron chi connectivity index (χ4n) is 5.02. The standard InChI is InChI=1S/C31H30Cl2N6O5/c1-5-26(41)36-22-14-18(39-12-10-38(11-13-39)17(2)40)6-8-21(22)35-25-9-7-19-20(16-34-31(19)37-25)30(42)27-28(32)23(43-3)15-24(44-4)29(27)33/h5-9,14-16H,1,10-13H2,2-4H3,(H,36,41)(H2,34,35,37). The van der Waals surface area contributed by atoms with Gasteiger partial charge in [0.1, 0.15) is 23.0 Å². The second-order valence-corrected chi connectivity index (χ2v) is 10.7. The van der Waals surface area contributed by atoms with Gasteiger partial charge >= 0.3 is 0 Å². The molecular formula is C31H30Cl2N6O5. The number of H-pyrrole nitrogens is 1. The van der Waals surface area contributed by atoms with Gasteiger partial charge in [-0.3, -0.25) is 14.4 Å². The highest BCUT2D eigenvalue weighted by Gasteiger charge is 2.26. The summed E-state index contributed by atoms with van der Waals surface area (Å²) in [5.74, 6) is 0.233. The molecule has 1 saturated heterocycles. The van der Waals surface area contributed by atoms with E-state index in [0.29, 0.717) is 60.0 Å². The van der Waals surface area contributed by atoms with Gasteiger partial charge in [-0.25, -0.2) is 4.98 Å². The third-order valence-corrected chi connectivity index (χ3v) is 8.13. The van der Waals surface area contributed by atoms with Crippen molar-refractivity contribution in [2.24, 2.45) is 0 Å². The SMILES string of the molecule is C=CC(=O)Nc1cc(N2CCN(C(C)=O)CC2)ccc1Nc1ccc2c(C(=O)c3c(Cl)c(OC)cc(OC)c3Cl)c[nH]c2n1. The van der Waals surface area contributed by atoms with Gasteiger partial charge in [0, 0.05) is 62.0 Å². The van der Waals surface area contributed by atoms with Crippen LogP contribution in [-0.2, 0) is 9.59 Å². The number of hydrogen-bond acceptors (Lipinski definition) is 8. The molecule has 11 nitrogen and oxygen atoms in total. The first-order chi connectivity index (χ1) is 21.1. The number of carbonyl (C=O) groups excluding carboxylic acids is 3. The molecule has 0 aliphatic carbocycles. The molecule has 3 N–H and O–H groups in total. The maximum absolute atomic E-state index is 13.6. The minimum absolute atomic E-state index is 0.0537. The second kappa shape index (κ2) is 12.9. The second-order valence-electron chi connectivity index (χ2n) is 9.95. The summed E-state index contributed by atoms with van der Waals surface area (Å²) in [5.41, 5.74) is 2.84. The van der Waals surface area contributed by atoms with E-state index in [2.05, 4.69) is 32.1 Å². The van der Waals surface area contributed by atoms with Crippen LogP contribution in [-0.4, -0.2) is 72.9 Å². The fraction of sp³-hybridized carbons (Fsp3) is 0.226. The number of pyridine rings is 1. The van der Waals surface area contributed by atoms with Crippen molar-refractivity contribution >= 4 is 74.7 Å². The van der Waals surface area contributed by atoms with E-state index in [1.807, 2.05) is 23.1 Å². The average Bonchev–Trinajstić information content (AvgIpc) is 3.45. The summed E-state index contributed by atoms with van der Waals surface area (Å²) in [6, 6.07) is 10.6. The van der Waals surface area contributed by atoms with Crippen molar-refractivity contribution < 1.29 is 23.9 Å². The molecule has 4 aromatic rings. The van der Waals surface area contributed by atoms with Crippen LogP contribution in [0, 0.1) is 0 Å². The van der Waals surface area contributed by atoms with Crippen molar-refractivity contribution in [1.29, 1.82) is 0 Å². The number of hydrogen-bond donors (Lipinski definition) is 3. The van der Waals surface area contributed by atoms with Crippen LogP contribution >= 0.6 is 23.2 Å². The highest BCUT2D eigenvalue weighted by Crippen LogP contribution is 2.42. The van der Waals surface area contributed by atoms with Gasteiger partial charge in [0.15, 0.2) is 5.78 Å². The monoisotopic (exact) mass is 636 g/mol. The molecule has 0 unspecified atom stereocenters. The van der Waals surface area contributed by atoms with Gasteiger partial charge in [0.2, 0.25) is 11.8 Å². The minimum atomic E-state index is -0.430. The Morgan fingerprint density at radius 3 is 2.27 bits per heavy atom. The molecule has 3 heterocycles. The number of ketones is 1. The number of aromatic amines is 1. The molecule has 44 heavy (non-hydrogen) atoms. The Balaban J connectivity index is 1.43. The van der Waals surface area contributed by atoms with Crippen LogP contribution in [0.3, 0.4) is 0 Å². The summed E-state index contributed by atoms with van der Waals surface area (Å²) in [4.78, 5) is 49.3. The quantitative estimate of drug-likeness (QED) is 0.159. The summed E-state index contributed by atoms with van der Waals surface area (Å²) < 4.78 is 10.6. The van der Waals surface area contributed by atoms with Crippen LogP contribution in [0.2, 0.25) is 10.0 Å². The van der Waals surface area contributed by atoms with Crippen molar-refractivity contribution in [3.05, 3.63) is 76.4 Å². The maximum Gasteiger partial charge on any atom is 0.247 e. The van der Waals surface area contributed by atoms with Crippen molar-refractivity contribution in [2.75, 3.05) is 55.9 Å². The first-order valence-corrected chi connectivity index (χ1v) is 14.4. The number of aromatic nitrogens is 2. The van der Waals surface area contributed by atoms with Crippen LogP contribution in [0.4, 0.5) is 22.9 Å².